The van der Waals surface area contributed by atoms with Gasteiger partial charge in [0.15, 0.2) is 0 Å². The number of benzene rings is 2. The van der Waals surface area contributed by atoms with Crippen molar-refractivity contribution in [1.29, 1.82) is 0 Å². The molecule has 6 nitrogen and oxygen atoms in total. The van der Waals surface area contributed by atoms with Crippen LogP contribution in [-0.2, 0) is 27.0 Å². The van der Waals surface area contributed by atoms with Crippen LogP contribution in [-0.4, -0.2) is 47.4 Å². The van der Waals surface area contributed by atoms with Gasteiger partial charge in [0, 0.05) is 18.7 Å². The molecule has 1 fully saturated rings. The number of anilines is 1. The Morgan fingerprint density at radius 1 is 0.941 bits per heavy atom. The number of amides is 3. The Morgan fingerprint density at radius 3 is 2.06 bits per heavy atom. The number of hydrogen-bond acceptors (Lipinski definition) is 3. The number of nitrogens with zero attached hydrogens (tertiary/aromatic N) is 1. The predicted octanol–water partition coefficient (Wildman–Crippen LogP) is 3.53. The third-order valence-electron chi connectivity index (χ3n) is 5.23. The van der Waals surface area contributed by atoms with Crippen molar-refractivity contribution in [2.75, 3.05) is 11.9 Å². The van der Waals surface area contributed by atoms with Crippen LogP contribution in [0.3, 0.4) is 0 Å². The lowest BCUT2D eigenvalue weighted by Crippen LogP contribution is -2.62. The van der Waals surface area contributed by atoms with Crippen LogP contribution in [0.15, 0.2) is 54.6 Å². The van der Waals surface area contributed by atoms with Gasteiger partial charge in [-0.1, -0.05) is 30.3 Å². The molecule has 2 aromatic carbocycles. The molecule has 0 radical (unpaired) electrons. The first-order chi connectivity index (χ1) is 15.9. The molecule has 1 saturated heterocycles. The highest BCUT2D eigenvalue weighted by atomic mass is 19.4. The monoisotopic (exact) mass is 487 g/mol. The number of hydrogen-bond donors (Lipinski definition) is 2. The minimum absolute atomic E-state index is 0.0588. The van der Waals surface area contributed by atoms with E-state index in [1.54, 1.807) is 35.6 Å². The lowest BCUT2D eigenvalue weighted by Gasteiger charge is -2.41. The van der Waals surface area contributed by atoms with Crippen LogP contribution in [0.2, 0.25) is 0 Å². The second-order valence-electron chi connectivity index (χ2n) is 7.61. The Kier molecular flexibility index (Phi) is 7.18. The SMILES string of the molecule is O=C(Nc1ccc(C(F)(F)F)cc1)C1CCN1C(=O)C(Cc1ccccc1)NC(=O)C(F)(F)F. The molecule has 0 saturated carbocycles. The Balaban J connectivity index is 1.70. The molecule has 3 rings (SSSR count). The maximum Gasteiger partial charge on any atom is 0.471 e. The van der Waals surface area contributed by atoms with E-state index in [0.29, 0.717) is 5.56 Å². The molecule has 12 heteroatoms. The Bertz CT molecular complexity index is 1040. The van der Waals surface area contributed by atoms with Crippen molar-refractivity contribution in [3.63, 3.8) is 0 Å². The quantitative estimate of drug-likeness (QED) is 0.612. The van der Waals surface area contributed by atoms with Gasteiger partial charge >= 0.3 is 18.3 Å². The van der Waals surface area contributed by atoms with E-state index in [9.17, 15) is 40.7 Å². The molecule has 3 amide bonds. The van der Waals surface area contributed by atoms with E-state index >= 15 is 0 Å². The molecule has 34 heavy (non-hydrogen) atoms. The molecule has 1 heterocycles. The molecule has 2 N–H and O–H groups in total. The molecule has 0 aliphatic carbocycles. The number of rotatable bonds is 6. The molecule has 0 bridgehead atoms. The minimum Gasteiger partial charge on any atom is -0.336 e. The van der Waals surface area contributed by atoms with E-state index in [0.717, 1.165) is 29.2 Å². The number of halogens is 6. The Morgan fingerprint density at radius 2 is 1.56 bits per heavy atom. The summed E-state index contributed by atoms with van der Waals surface area (Å²) in [6, 6.07) is 9.10. The largest absolute Gasteiger partial charge is 0.471 e. The number of likely N-dealkylation sites (tertiary alicyclic amines) is 1. The van der Waals surface area contributed by atoms with Crippen LogP contribution in [0, 0.1) is 0 Å². The van der Waals surface area contributed by atoms with Gasteiger partial charge in [-0.3, -0.25) is 14.4 Å². The first kappa shape index (κ1) is 25.1. The molecular weight excluding hydrogens is 468 g/mol. The van der Waals surface area contributed by atoms with E-state index in [1.165, 1.54) is 0 Å². The number of carbonyl (C=O) groups excluding carboxylic acids is 3. The normalized spacial score (nSPS) is 16.9. The van der Waals surface area contributed by atoms with Crippen LogP contribution in [0.5, 0.6) is 0 Å². The van der Waals surface area contributed by atoms with Crippen molar-refractivity contribution in [2.45, 2.75) is 37.3 Å². The fraction of sp³-hybridized carbons (Fsp3) is 0.318. The number of alkyl halides is 6. The van der Waals surface area contributed by atoms with Gasteiger partial charge in [0.2, 0.25) is 11.8 Å². The summed E-state index contributed by atoms with van der Waals surface area (Å²) in [6.07, 6.45) is -9.79. The fourth-order valence-corrected chi connectivity index (χ4v) is 3.38. The summed E-state index contributed by atoms with van der Waals surface area (Å²) >= 11 is 0. The van der Waals surface area contributed by atoms with Gasteiger partial charge in [-0.15, -0.1) is 0 Å². The summed E-state index contributed by atoms with van der Waals surface area (Å²) in [7, 11) is 0. The zero-order chi connectivity index (χ0) is 25.1. The van der Waals surface area contributed by atoms with Crippen molar-refractivity contribution < 1.29 is 40.7 Å². The highest BCUT2D eigenvalue weighted by Gasteiger charge is 2.44. The highest BCUT2D eigenvalue weighted by Crippen LogP contribution is 2.30. The smallest absolute Gasteiger partial charge is 0.336 e. The lowest BCUT2D eigenvalue weighted by atomic mass is 9.97. The average molecular weight is 487 g/mol. The number of carbonyl (C=O) groups is 3. The van der Waals surface area contributed by atoms with Gasteiger partial charge in [0.05, 0.1) is 5.56 Å². The van der Waals surface area contributed by atoms with E-state index in [1.807, 2.05) is 0 Å². The van der Waals surface area contributed by atoms with Gasteiger partial charge in [-0.05, 0) is 36.2 Å². The molecule has 0 spiro atoms. The van der Waals surface area contributed by atoms with Crippen LogP contribution in [0.1, 0.15) is 17.5 Å². The van der Waals surface area contributed by atoms with Crippen molar-refractivity contribution in [3.05, 3.63) is 65.7 Å². The molecule has 2 aromatic rings. The zero-order valence-corrected chi connectivity index (χ0v) is 17.4. The van der Waals surface area contributed by atoms with Gasteiger partial charge in [0.1, 0.15) is 12.1 Å². The summed E-state index contributed by atoms with van der Waals surface area (Å²) < 4.78 is 76.4. The zero-order valence-electron chi connectivity index (χ0n) is 17.4. The van der Waals surface area contributed by atoms with Gasteiger partial charge < -0.3 is 15.5 Å². The molecule has 1 aliphatic rings. The highest BCUT2D eigenvalue weighted by molar-refractivity contribution is 5.99. The van der Waals surface area contributed by atoms with Crippen LogP contribution in [0.4, 0.5) is 32.0 Å². The second kappa shape index (κ2) is 9.74. The van der Waals surface area contributed by atoms with E-state index in [4.69, 9.17) is 0 Å². The van der Waals surface area contributed by atoms with Crippen molar-refractivity contribution in [3.8, 4) is 0 Å². The summed E-state index contributed by atoms with van der Waals surface area (Å²) in [5.74, 6) is -3.87. The molecule has 1 aliphatic heterocycles. The van der Waals surface area contributed by atoms with Crippen LogP contribution >= 0.6 is 0 Å². The lowest BCUT2D eigenvalue weighted by molar-refractivity contribution is -0.175. The van der Waals surface area contributed by atoms with Crippen molar-refractivity contribution >= 4 is 23.4 Å². The third-order valence-corrected chi connectivity index (χ3v) is 5.23. The van der Waals surface area contributed by atoms with Gasteiger partial charge in [-0.2, -0.15) is 26.3 Å². The Labute approximate surface area is 189 Å². The molecule has 182 valence electrons. The first-order valence-electron chi connectivity index (χ1n) is 10.1. The topological polar surface area (TPSA) is 78.5 Å². The standard InChI is InChI=1S/C22H19F6N3O3/c23-21(24,25)14-6-8-15(9-7-14)29-18(32)17-10-11-31(17)19(33)16(30-20(34)22(26,27)28)12-13-4-2-1-3-5-13/h1-9,16-17H,10-12H2,(H,29,32)(H,30,34). The summed E-state index contributed by atoms with van der Waals surface area (Å²) in [5.41, 5.74) is -0.353. The maximum atomic E-state index is 13.0. The first-order valence-corrected chi connectivity index (χ1v) is 10.1. The fourth-order valence-electron chi connectivity index (χ4n) is 3.38. The summed E-state index contributed by atoms with van der Waals surface area (Å²) in [5, 5.41) is 4.08. The van der Waals surface area contributed by atoms with E-state index in [-0.39, 0.29) is 25.1 Å². The summed E-state index contributed by atoms with van der Waals surface area (Å²) in [6.45, 7) is 0.0666. The second-order valence-corrected chi connectivity index (χ2v) is 7.61. The van der Waals surface area contributed by atoms with E-state index < -0.39 is 47.7 Å². The molecular formula is C22H19F6N3O3. The average Bonchev–Trinajstić information content (AvgIpc) is 2.72. The van der Waals surface area contributed by atoms with Crippen molar-refractivity contribution in [1.82, 2.24) is 10.2 Å². The van der Waals surface area contributed by atoms with Gasteiger partial charge in [0.25, 0.3) is 0 Å². The predicted molar refractivity (Wildman–Crippen MR) is 108 cm³/mol. The minimum atomic E-state index is -5.20. The van der Waals surface area contributed by atoms with Gasteiger partial charge in [-0.25, -0.2) is 0 Å². The molecule has 2 unspecified atom stereocenters. The third kappa shape index (κ3) is 6.06. The molecule has 2 atom stereocenters. The van der Waals surface area contributed by atoms with Crippen LogP contribution < -0.4 is 10.6 Å². The molecule has 0 aromatic heterocycles. The summed E-state index contributed by atoms with van der Waals surface area (Å²) in [4.78, 5) is 38.0. The maximum absolute atomic E-state index is 13.0. The van der Waals surface area contributed by atoms with Crippen LogP contribution in [0.25, 0.3) is 0 Å². The number of nitrogens with one attached hydrogen (secondary N) is 2. The Hall–Kier alpha value is -3.57. The van der Waals surface area contributed by atoms with Crippen molar-refractivity contribution in [2.24, 2.45) is 0 Å². The van der Waals surface area contributed by atoms with E-state index in [2.05, 4.69) is 5.32 Å².